The van der Waals surface area contributed by atoms with Gasteiger partial charge in [-0.05, 0) is 37.1 Å². The topological polar surface area (TPSA) is 62.5 Å². The van der Waals surface area contributed by atoms with E-state index in [1.165, 1.54) is 16.9 Å². The number of amides is 1. The molecule has 0 spiro atoms. The van der Waals surface area contributed by atoms with Crippen LogP contribution in [0.4, 0.5) is 5.69 Å². The van der Waals surface area contributed by atoms with Crippen LogP contribution in [0.25, 0.3) is 0 Å². The fourth-order valence-corrected chi connectivity index (χ4v) is 3.95. The van der Waals surface area contributed by atoms with Crippen molar-refractivity contribution in [1.82, 2.24) is 9.88 Å². The number of likely N-dealkylation sites (tertiary alicyclic amines) is 1. The molecule has 2 aromatic rings. The van der Waals surface area contributed by atoms with Crippen LogP contribution in [0.3, 0.4) is 0 Å². The number of rotatable bonds is 5. The summed E-state index contributed by atoms with van der Waals surface area (Å²) < 4.78 is 0. The summed E-state index contributed by atoms with van der Waals surface area (Å²) in [6.45, 7) is 1.35. The largest absolute Gasteiger partial charge is 0.378 e. The van der Waals surface area contributed by atoms with E-state index in [0.29, 0.717) is 12.2 Å². The minimum Gasteiger partial charge on any atom is -0.378 e. The van der Waals surface area contributed by atoms with Crippen molar-refractivity contribution < 1.29 is 4.79 Å². The van der Waals surface area contributed by atoms with E-state index in [9.17, 15) is 4.79 Å². The minimum atomic E-state index is 0.0345. The number of anilines is 1. The molecule has 1 fully saturated rings. The summed E-state index contributed by atoms with van der Waals surface area (Å²) in [5, 5.41) is 2.80. The number of thiazole rings is 1. The third-order valence-corrected chi connectivity index (χ3v) is 5.32. The van der Waals surface area contributed by atoms with Gasteiger partial charge in [0, 0.05) is 38.1 Å². The summed E-state index contributed by atoms with van der Waals surface area (Å²) in [7, 11) is 4.07. The first kappa shape index (κ1) is 16.9. The number of carbonyl (C=O) groups excluding carboxylic acids is 1. The molecule has 1 unspecified atom stereocenters. The molecule has 1 amide bonds. The lowest BCUT2D eigenvalue weighted by molar-refractivity contribution is 0.0730. The Bertz CT molecular complexity index is 713. The van der Waals surface area contributed by atoms with Gasteiger partial charge in [0.25, 0.3) is 5.91 Å². The Morgan fingerprint density at radius 3 is 3.04 bits per heavy atom. The average Bonchev–Trinajstić information content (AvgIpc) is 3.24. The first-order valence-corrected chi connectivity index (χ1v) is 9.21. The zero-order valence-electron chi connectivity index (χ0n) is 14.2. The van der Waals surface area contributed by atoms with E-state index >= 15 is 0 Å². The summed E-state index contributed by atoms with van der Waals surface area (Å²) in [5.74, 6) is 0.0345. The monoisotopic (exact) mass is 344 g/mol. The molecule has 0 saturated carbocycles. The highest BCUT2D eigenvalue weighted by Crippen LogP contribution is 2.34. The van der Waals surface area contributed by atoms with Crippen LogP contribution >= 0.6 is 11.3 Å². The Labute approximate surface area is 147 Å². The predicted molar refractivity (Wildman–Crippen MR) is 98.7 cm³/mol. The highest BCUT2D eigenvalue weighted by Gasteiger charge is 2.31. The molecule has 24 heavy (non-hydrogen) atoms. The van der Waals surface area contributed by atoms with E-state index in [0.717, 1.165) is 36.5 Å². The molecule has 1 aromatic heterocycles. The van der Waals surface area contributed by atoms with Gasteiger partial charge in [0.2, 0.25) is 0 Å². The second kappa shape index (κ2) is 7.32. The van der Waals surface area contributed by atoms with Crippen molar-refractivity contribution in [2.24, 2.45) is 5.73 Å². The Kier molecular flexibility index (Phi) is 5.16. The highest BCUT2D eigenvalue weighted by molar-refractivity contribution is 7.09. The second-order valence-electron chi connectivity index (χ2n) is 6.31. The van der Waals surface area contributed by atoms with E-state index in [1.807, 2.05) is 24.4 Å². The van der Waals surface area contributed by atoms with Crippen LogP contribution in [0.15, 0.2) is 29.6 Å². The lowest BCUT2D eigenvalue weighted by Crippen LogP contribution is -2.31. The molecule has 0 aliphatic carbocycles. The van der Waals surface area contributed by atoms with Crippen molar-refractivity contribution in [2.45, 2.75) is 25.3 Å². The predicted octanol–water partition coefficient (Wildman–Crippen LogP) is 2.69. The van der Waals surface area contributed by atoms with E-state index in [2.05, 4.69) is 34.1 Å². The van der Waals surface area contributed by atoms with Crippen molar-refractivity contribution in [2.75, 3.05) is 32.1 Å². The van der Waals surface area contributed by atoms with Gasteiger partial charge >= 0.3 is 0 Å². The summed E-state index contributed by atoms with van der Waals surface area (Å²) >= 11 is 1.52. The van der Waals surface area contributed by atoms with Gasteiger partial charge in [-0.3, -0.25) is 4.79 Å². The number of hydrogen-bond acceptors (Lipinski definition) is 5. The van der Waals surface area contributed by atoms with Crippen LogP contribution in [-0.4, -0.2) is 43.0 Å². The number of aromatic nitrogens is 1. The first-order valence-electron chi connectivity index (χ1n) is 8.33. The van der Waals surface area contributed by atoms with Gasteiger partial charge < -0.3 is 15.5 Å². The molecule has 0 radical (unpaired) electrons. The molecule has 1 aliphatic rings. The van der Waals surface area contributed by atoms with Gasteiger partial charge in [-0.1, -0.05) is 12.1 Å². The van der Waals surface area contributed by atoms with Crippen LogP contribution in [0.1, 0.15) is 39.9 Å². The molecular weight excluding hydrogens is 320 g/mol. The fraction of sp³-hybridized carbons (Fsp3) is 0.444. The molecule has 0 bridgehead atoms. The van der Waals surface area contributed by atoms with Crippen molar-refractivity contribution in [3.8, 4) is 0 Å². The summed E-state index contributed by atoms with van der Waals surface area (Å²) in [6, 6.07) is 8.58. The van der Waals surface area contributed by atoms with Crippen LogP contribution in [-0.2, 0) is 6.42 Å². The molecular formula is C18H24N4OS. The third-order valence-electron chi connectivity index (χ3n) is 4.41. The van der Waals surface area contributed by atoms with Crippen molar-refractivity contribution >= 4 is 22.9 Å². The third kappa shape index (κ3) is 3.44. The molecule has 1 aromatic carbocycles. The van der Waals surface area contributed by atoms with E-state index in [4.69, 9.17) is 5.73 Å². The van der Waals surface area contributed by atoms with Gasteiger partial charge in [-0.2, -0.15) is 0 Å². The number of benzene rings is 1. The fourth-order valence-electron chi connectivity index (χ4n) is 3.16. The van der Waals surface area contributed by atoms with Gasteiger partial charge in [-0.15, -0.1) is 11.3 Å². The Morgan fingerprint density at radius 1 is 1.46 bits per heavy atom. The van der Waals surface area contributed by atoms with Gasteiger partial charge in [0.15, 0.2) is 0 Å². The molecule has 1 saturated heterocycles. The van der Waals surface area contributed by atoms with E-state index in [-0.39, 0.29) is 11.9 Å². The normalized spacial score (nSPS) is 17.3. The van der Waals surface area contributed by atoms with Crippen LogP contribution in [0.2, 0.25) is 0 Å². The van der Waals surface area contributed by atoms with Crippen LogP contribution in [0, 0.1) is 0 Å². The van der Waals surface area contributed by atoms with Crippen molar-refractivity contribution in [1.29, 1.82) is 0 Å². The lowest BCUT2D eigenvalue weighted by atomic mass is 10.0. The Balaban J connectivity index is 1.82. The van der Waals surface area contributed by atoms with Crippen molar-refractivity contribution in [3.63, 3.8) is 0 Å². The lowest BCUT2D eigenvalue weighted by Gasteiger charge is -2.25. The number of carbonyl (C=O) groups is 1. The summed E-state index contributed by atoms with van der Waals surface area (Å²) in [4.78, 5) is 21.4. The van der Waals surface area contributed by atoms with E-state index < -0.39 is 0 Å². The standard InChI is InChI=1S/C18H24N4OS/c1-21(2)14-6-3-5-13(11-14)16-7-4-10-22(16)18(23)15-12-24-17(20-15)8-9-19/h3,5-6,11-12,16H,4,7-10,19H2,1-2H3. The molecule has 5 nitrogen and oxygen atoms in total. The average molecular weight is 344 g/mol. The molecule has 1 aliphatic heterocycles. The summed E-state index contributed by atoms with van der Waals surface area (Å²) in [6.07, 6.45) is 2.76. The zero-order valence-corrected chi connectivity index (χ0v) is 15.1. The molecule has 6 heteroatoms. The zero-order chi connectivity index (χ0) is 17.1. The second-order valence-corrected chi connectivity index (χ2v) is 7.25. The maximum absolute atomic E-state index is 12.9. The SMILES string of the molecule is CN(C)c1cccc(C2CCCN2C(=O)c2csc(CCN)n2)c1. The first-order chi connectivity index (χ1) is 11.6. The number of nitrogens with two attached hydrogens (primary N) is 1. The van der Waals surface area contributed by atoms with Crippen LogP contribution in [0.5, 0.6) is 0 Å². The highest BCUT2D eigenvalue weighted by atomic mass is 32.1. The maximum Gasteiger partial charge on any atom is 0.273 e. The minimum absolute atomic E-state index is 0.0345. The van der Waals surface area contributed by atoms with Crippen molar-refractivity contribution in [3.05, 3.63) is 45.9 Å². The molecule has 128 valence electrons. The van der Waals surface area contributed by atoms with Gasteiger partial charge in [-0.25, -0.2) is 4.98 Å². The Hall–Kier alpha value is -1.92. The Morgan fingerprint density at radius 2 is 2.29 bits per heavy atom. The summed E-state index contributed by atoms with van der Waals surface area (Å²) in [5.41, 5.74) is 8.48. The molecule has 3 rings (SSSR count). The smallest absolute Gasteiger partial charge is 0.273 e. The maximum atomic E-state index is 12.9. The van der Waals surface area contributed by atoms with Crippen LogP contribution < -0.4 is 10.6 Å². The molecule has 1 atom stereocenters. The quantitative estimate of drug-likeness (QED) is 0.906. The van der Waals surface area contributed by atoms with Gasteiger partial charge in [0.1, 0.15) is 5.69 Å². The number of hydrogen-bond donors (Lipinski definition) is 1. The molecule has 2 N–H and O–H groups in total. The molecule has 2 heterocycles. The number of nitrogens with zero attached hydrogens (tertiary/aromatic N) is 3. The van der Waals surface area contributed by atoms with Gasteiger partial charge in [0.05, 0.1) is 11.0 Å². The van der Waals surface area contributed by atoms with E-state index in [1.54, 1.807) is 0 Å².